The van der Waals surface area contributed by atoms with E-state index in [0.29, 0.717) is 29.3 Å². The van der Waals surface area contributed by atoms with E-state index in [-0.39, 0.29) is 11.4 Å². The van der Waals surface area contributed by atoms with Crippen molar-refractivity contribution in [2.24, 2.45) is 12.5 Å². The molecule has 6 rings (SSSR count). The summed E-state index contributed by atoms with van der Waals surface area (Å²) in [6.07, 6.45) is 5.22. The lowest BCUT2D eigenvalue weighted by atomic mass is 9.92. The third-order valence-corrected chi connectivity index (χ3v) is 7.97. The van der Waals surface area contributed by atoms with Crippen LogP contribution >= 0.6 is 0 Å². The van der Waals surface area contributed by atoms with Crippen molar-refractivity contribution in [3.63, 3.8) is 0 Å². The molecule has 1 amide bonds. The first kappa shape index (κ1) is 24.1. The Morgan fingerprint density at radius 1 is 1.24 bits per heavy atom. The number of hydrogen-bond acceptors (Lipinski definition) is 6. The molecule has 1 aromatic carbocycles. The number of alkyl halides is 2. The second-order valence-corrected chi connectivity index (χ2v) is 11.1. The van der Waals surface area contributed by atoms with Crippen LogP contribution < -0.4 is 5.32 Å². The third-order valence-electron chi connectivity index (χ3n) is 7.97. The molecule has 194 valence electrons. The number of likely N-dealkylation sites (tertiary alicyclic amines) is 1. The molecule has 3 aromatic rings. The SMILES string of the molecule is Cn1cnnc1[C@@H](F)[C@](C)(F)c1cccc(NC(=O)c2cc(CN3CCC4(CC4)C3)nc(C3CC3)n2)c1. The van der Waals surface area contributed by atoms with Crippen LogP contribution in [-0.4, -0.2) is 48.6 Å². The summed E-state index contributed by atoms with van der Waals surface area (Å²) >= 11 is 0. The zero-order chi connectivity index (χ0) is 25.8. The highest BCUT2D eigenvalue weighted by Crippen LogP contribution is 2.52. The van der Waals surface area contributed by atoms with E-state index in [9.17, 15) is 4.79 Å². The molecule has 1 aliphatic heterocycles. The summed E-state index contributed by atoms with van der Waals surface area (Å²) in [6.45, 7) is 4.02. The van der Waals surface area contributed by atoms with Gasteiger partial charge in [0.2, 0.25) is 0 Å². The molecule has 10 heteroatoms. The Morgan fingerprint density at radius 2 is 2.05 bits per heavy atom. The predicted octanol–water partition coefficient (Wildman–Crippen LogP) is 4.62. The summed E-state index contributed by atoms with van der Waals surface area (Å²) in [4.78, 5) is 25.0. The summed E-state index contributed by atoms with van der Waals surface area (Å²) in [6, 6.07) is 7.94. The second-order valence-electron chi connectivity index (χ2n) is 11.1. The van der Waals surface area contributed by atoms with Gasteiger partial charge in [-0.2, -0.15) is 0 Å². The molecule has 1 spiro atoms. The lowest BCUT2D eigenvalue weighted by Crippen LogP contribution is -2.25. The molecule has 2 saturated carbocycles. The molecule has 0 bridgehead atoms. The van der Waals surface area contributed by atoms with Crippen molar-refractivity contribution in [1.82, 2.24) is 29.6 Å². The normalized spacial score (nSPS) is 21.1. The molecular formula is C27H31F2N7O. The van der Waals surface area contributed by atoms with Gasteiger partial charge < -0.3 is 9.88 Å². The summed E-state index contributed by atoms with van der Waals surface area (Å²) in [5.74, 6) is 0.522. The number of hydrogen-bond donors (Lipinski definition) is 1. The van der Waals surface area contributed by atoms with Crippen LogP contribution in [-0.2, 0) is 19.3 Å². The largest absolute Gasteiger partial charge is 0.321 e. The quantitative estimate of drug-likeness (QED) is 0.479. The van der Waals surface area contributed by atoms with Crippen molar-refractivity contribution >= 4 is 11.6 Å². The number of carbonyl (C=O) groups is 1. The van der Waals surface area contributed by atoms with Crippen molar-refractivity contribution in [3.05, 3.63) is 65.3 Å². The van der Waals surface area contributed by atoms with Crippen LogP contribution in [0, 0.1) is 5.41 Å². The molecule has 37 heavy (non-hydrogen) atoms. The standard InChI is InChI=1S/C27H31F2N7O/c1-26(29,22(28)24-34-30-16-35(24)2)18-4-3-5-19(12-18)32-25(37)21-13-20(31-23(33-21)17-6-7-17)14-36-11-10-27(15-36)8-9-27/h3-5,12-13,16-17,22H,6-11,14-15H2,1-2H3,(H,32,37)/t22-,26-/m1/s1. The van der Waals surface area contributed by atoms with Gasteiger partial charge in [0.05, 0.1) is 5.69 Å². The van der Waals surface area contributed by atoms with Gasteiger partial charge in [0.25, 0.3) is 5.91 Å². The molecule has 3 heterocycles. The third kappa shape index (κ3) is 4.86. The number of anilines is 1. The van der Waals surface area contributed by atoms with Gasteiger partial charge in [0.15, 0.2) is 17.7 Å². The summed E-state index contributed by atoms with van der Waals surface area (Å²) in [5.41, 5.74) is -0.256. The first-order chi connectivity index (χ1) is 17.7. The summed E-state index contributed by atoms with van der Waals surface area (Å²) in [5, 5.41) is 10.2. The van der Waals surface area contributed by atoms with Gasteiger partial charge >= 0.3 is 0 Å². The Hall–Kier alpha value is -3.27. The van der Waals surface area contributed by atoms with Crippen molar-refractivity contribution in [1.29, 1.82) is 0 Å². The Bertz CT molecular complexity index is 1330. The van der Waals surface area contributed by atoms with Gasteiger partial charge in [-0.1, -0.05) is 12.1 Å². The van der Waals surface area contributed by atoms with Gasteiger partial charge in [-0.15, -0.1) is 10.2 Å². The Labute approximate surface area is 214 Å². The van der Waals surface area contributed by atoms with Crippen LogP contribution in [0.3, 0.4) is 0 Å². The van der Waals surface area contributed by atoms with Crippen LogP contribution in [0.15, 0.2) is 36.7 Å². The molecule has 3 fully saturated rings. The topological polar surface area (TPSA) is 88.8 Å². The van der Waals surface area contributed by atoms with Crippen LogP contribution in [0.4, 0.5) is 14.5 Å². The molecular weight excluding hydrogens is 476 g/mol. The van der Waals surface area contributed by atoms with Gasteiger partial charge in [0, 0.05) is 31.7 Å². The molecule has 3 aliphatic rings. The minimum atomic E-state index is -2.38. The van der Waals surface area contributed by atoms with Gasteiger partial charge in [-0.3, -0.25) is 9.69 Å². The summed E-state index contributed by atoms with van der Waals surface area (Å²) in [7, 11) is 1.56. The lowest BCUT2D eigenvalue weighted by Gasteiger charge is -2.25. The summed E-state index contributed by atoms with van der Waals surface area (Å²) < 4.78 is 32.1. The first-order valence-corrected chi connectivity index (χ1v) is 12.9. The van der Waals surface area contributed by atoms with Gasteiger partial charge in [-0.25, -0.2) is 18.7 Å². The van der Waals surface area contributed by atoms with Gasteiger partial charge in [0.1, 0.15) is 17.8 Å². The minimum absolute atomic E-state index is 0.0888. The van der Waals surface area contributed by atoms with Crippen molar-refractivity contribution in [2.45, 2.75) is 63.3 Å². The smallest absolute Gasteiger partial charge is 0.274 e. The molecule has 2 aliphatic carbocycles. The number of carbonyl (C=O) groups excluding carboxylic acids is 1. The van der Waals surface area contributed by atoms with E-state index in [4.69, 9.17) is 4.98 Å². The minimum Gasteiger partial charge on any atom is -0.321 e. The maximum absolute atomic E-state index is 15.7. The zero-order valence-electron chi connectivity index (χ0n) is 21.1. The number of benzene rings is 1. The number of aromatic nitrogens is 5. The number of nitrogens with zero attached hydrogens (tertiary/aromatic N) is 6. The van der Waals surface area contributed by atoms with Crippen LogP contribution in [0.25, 0.3) is 0 Å². The average Bonchev–Trinajstić information content (AvgIpc) is 3.78. The van der Waals surface area contributed by atoms with E-state index in [0.717, 1.165) is 44.4 Å². The number of rotatable bonds is 8. The molecule has 1 N–H and O–H groups in total. The van der Waals surface area contributed by atoms with Crippen molar-refractivity contribution in [3.8, 4) is 0 Å². The van der Waals surface area contributed by atoms with Crippen LogP contribution in [0.5, 0.6) is 0 Å². The average molecular weight is 508 g/mol. The zero-order valence-corrected chi connectivity index (χ0v) is 21.1. The van der Waals surface area contributed by atoms with E-state index in [1.807, 2.05) is 0 Å². The highest BCUT2D eigenvalue weighted by Gasteiger charge is 2.47. The van der Waals surface area contributed by atoms with Crippen LogP contribution in [0.2, 0.25) is 0 Å². The maximum atomic E-state index is 15.7. The number of aryl methyl sites for hydroxylation is 1. The first-order valence-electron chi connectivity index (χ1n) is 12.9. The number of amides is 1. The molecule has 2 aromatic heterocycles. The number of nitrogens with one attached hydrogen (secondary N) is 1. The predicted molar refractivity (Wildman–Crippen MR) is 133 cm³/mol. The fraction of sp³-hybridized carbons (Fsp3) is 0.519. The highest BCUT2D eigenvalue weighted by atomic mass is 19.2. The maximum Gasteiger partial charge on any atom is 0.274 e. The number of halogens is 2. The van der Waals surface area contributed by atoms with Crippen molar-refractivity contribution < 1.29 is 13.6 Å². The molecule has 0 unspecified atom stereocenters. The Balaban J connectivity index is 1.20. The van der Waals surface area contributed by atoms with E-state index in [1.54, 1.807) is 25.2 Å². The second kappa shape index (κ2) is 8.93. The fourth-order valence-electron chi connectivity index (χ4n) is 5.22. The van der Waals surface area contributed by atoms with Gasteiger partial charge in [-0.05, 0) is 74.8 Å². The lowest BCUT2D eigenvalue weighted by molar-refractivity contribution is 0.0564. The Kier molecular flexibility index (Phi) is 5.82. The molecule has 1 saturated heterocycles. The van der Waals surface area contributed by atoms with E-state index >= 15 is 8.78 Å². The molecule has 8 nitrogen and oxygen atoms in total. The van der Waals surface area contributed by atoms with Crippen molar-refractivity contribution in [2.75, 3.05) is 18.4 Å². The molecule has 0 radical (unpaired) electrons. The monoisotopic (exact) mass is 507 g/mol. The fourth-order valence-corrected chi connectivity index (χ4v) is 5.22. The van der Waals surface area contributed by atoms with E-state index in [1.165, 1.54) is 42.3 Å². The van der Waals surface area contributed by atoms with Crippen LogP contribution in [0.1, 0.15) is 84.5 Å². The van der Waals surface area contributed by atoms with E-state index in [2.05, 4.69) is 25.4 Å². The molecule has 2 atom stereocenters. The highest BCUT2D eigenvalue weighted by molar-refractivity contribution is 6.03. The Morgan fingerprint density at radius 3 is 2.73 bits per heavy atom. The van der Waals surface area contributed by atoms with E-state index < -0.39 is 17.7 Å².